The van der Waals surface area contributed by atoms with Crippen LogP contribution in [0.2, 0.25) is 5.28 Å². The molecule has 0 aromatic carbocycles. The number of carbonyl (C=O) groups is 1. The molecule has 0 atom stereocenters. The van der Waals surface area contributed by atoms with Crippen LogP contribution in [0.3, 0.4) is 0 Å². The van der Waals surface area contributed by atoms with E-state index < -0.39 is 5.91 Å². The standard InChI is InChI=1S/C6H9ClN6O/c1-9-5-11-4(7)12-6(13-5)10-2-3(8)14/h2H2,1H3,(H2,8,14)(H2,9,10,11,12,13). The lowest BCUT2D eigenvalue weighted by Gasteiger charge is -2.03. The second-order valence-corrected chi connectivity index (χ2v) is 2.66. The van der Waals surface area contributed by atoms with E-state index in [2.05, 4.69) is 25.6 Å². The molecule has 0 aliphatic rings. The summed E-state index contributed by atoms with van der Waals surface area (Å²) in [6.45, 7) is -0.0521. The summed E-state index contributed by atoms with van der Waals surface area (Å²) in [7, 11) is 1.64. The maximum atomic E-state index is 10.5. The minimum absolute atomic E-state index is 0.0383. The maximum absolute atomic E-state index is 10.5. The molecule has 1 aromatic heterocycles. The molecule has 4 N–H and O–H groups in total. The van der Waals surface area contributed by atoms with Gasteiger partial charge in [0.2, 0.25) is 23.1 Å². The number of halogens is 1. The van der Waals surface area contributed by atoms with Gasteiger partial charge in [-0.2, -0.15) is 15.0 Å². The van der Waals surface area contributed by atoms with Gasteiger partial charge in [-0.3, -0.25) is 4.79 Å². The molecule has 8 heteroatoms. The van der Waals surface area contributed by atoms with Crippen molar-refractivity contribution in [2.24, 2.45) is 5.73 Å². The van der Waals surface area contributed by atoms with Crippen LogP contribution in [0, 0.1) is 0 Å². The van der Waals surface area contributed by atoms with Gasteiger partial charge in [0.05, 0.1) is 6.54 Å². The van der Waals surface area contributed by atoms with Crippen molar-refractivity contribution in [1.29, 1.82) is 0 Å². The summed E-state index contributed by atoms with van der Waals surface area (Å²) in [5.74, 6) is 0.0117. The number of anilines is 2. The minimum Gasteiger partial charge on any atom is -0.368 e. The molecule has 1 amide bonds. The predicted octanol–water partition coefficient (Wildman–Crippen LogP) is -0.536. The Hall–Kier alpha value is -1.63. The van der Waals surface area contributed by atoms with Crippen molar-refractivity contribution in [3.8, 4) is 0 Å². The summed E-state index contributed by atoms with van der Waals surface area (Å²) in [4.78, 5) is 21.8. The number of nitrogens with one attached hydrogen (secondary N) is 2. The average molecular weight is 217 g/mol. The van der Waals surface area contributed by atoms with E-state index >= 15 is 0 Å². The van der Waals surface area contributed by atoms with Crippen LogP contribution in [-0.2, 0) is 4.79 Å². The molecule has 76 valence electrons. The van der Waals surface area contributed by atoms with Crippen molar-refractivity contribution in [2.45, 2.75) is 0 Å². The second-order valence-electron chi connectivity index (χ2n) is 2.32. The quantitative estimate of drug-likeness (QED) is 0.625. The number of carbonyl (C=O) groups excluding carboxylic acids is 1. The normalized spacial score (nSPS) is 9.57. The molecule has 0 aliphatic heterocycles. The van der Waals surface area contributed by atoms with Crippen LogP contribution < -0.4 is 16.4 Å². The van der Waals surface area contributed by atoms with Crippen molar-refractivity contribution >= 4 is 29.4 Å². The van der Waals surface area contributed by atoms with Gasteiger partial charge < -0.3 is 16.4 Å². The van der Waals surface area contributed by atoms with Crippen molar-refractivity contribution in [2.75, 3.05) is 24.2 Å². The van der Waals surface area contributed by atoms with E-state index in [1.54, 1.807) is 7.05 Å². The summed E-state index contributed by atoms with van der Waals surface area (Å²) in [5.41, 5.74) is 4.93. The molecule has 0 spiro atoms. The summed E-state index contributed by atoms with van der Waals surface area (Å²) in [6, 6.07) is 0. The van der Waals surface area contributed by atoms with E-state index in [4.69, 9.17) is 17.3 Å². The van der Waals surface area contributed by atoms with E-state index in [0.717, 1.165) is 0 Å². The first-order valence-electron chi connectivity index (χ1n) is 3.73. The highest BCUT2D eigenvalue weighted by atomic mass is 35.5. The van der Waals surface area contributed by atoms with Crippen LogP contribution in [0.1, 0.15) is 0 Å². The number of hydrogen-bond acceptors (Lipinski definition) is 6. The van der Waals surface area contributed by atoms with Gasteiger partial charge in [0, 0.05) is 7.05 Å². The van der Waals surface area contributed by atoms with Crippen LogP contribution in [0.25, 0.3) is 0 Å². The fourth-order valence-electron chi connectivity index (χ4n) is 0.707. The fraction of sp³-hybridized carbons (Fsp3) is 0.333. The molecule has 0 unspecified atom stereocenters. The Morgan fingerprint density at radius 1 is 1.43 bits per heavy atom. The number of hydrogen-bond donors (Lipinski definition) is 3. The summed E-state index contributed by atoms with van der Waals surface area (Å²) < 4.78 is 0. The number of rotatable bonds is 4. The van der Waals surface area contributed by atoms with E-state index in [9.17, 15) is 4.79 Å². The maximum Gasteiger partial charge on any atom is 0.236 e. The first-order valence-corrected chi connectivity index (χ1v) is 4.11. The van der Waals surface area contributed by atoms with Crippen LogP contribution in [0.4, 0.5) is 11.9 Å². The Kier molecular flexibility index (Phi) is 3.41. The third-order valence-corrected chi connectivity index (χ3v) is 1.42. The van der Waals surface area contributed by atoms with E-state index in [-0.39, 0.29) is 17.8 Å². The third kappa shape index (κ3) is 3.02. The Morgan fingerprint density at radius 3 is 2.64 bits per heavy atom. The molecular formula is C6H9ClN6O. The van der Waals surface area contributed by atoms with Crippen molar-refractivity contribution in [3.63, 3.8) is 0 Å². The summed E-state index contributed by atoms with van der Waals surface area (Å²) in [5, 5.41) is 5.33. The van der Waals surface area contributed by atoms with Gasteiger partial charge in [-0.1, -0.05) is 0 Å². The zero-order valence-electron chi connectivity index (χ0n) is 7.41. The Morgan fingerprint density at radius 2 is 2.07 bits per heavy atom. The molecule has 1 heterocycles. The highest BCUT2D eigenvalue weighted by Crippen LogP contribution is 2.08. The van der Waals surface area contributed by atoms with Gasteiger partial charge >= 0.3 is 0 Å². The van der Waals surface area contributed by atoms with Crippen molar-refractivity contribution < 1.29 is 4.79 Å². The van der Waals surface area contributed by atoms with Crippen molar-refractivity contribution in [3.05, 3.63) is 5.28 Å². The molecule has 7 nitrogen and oxygen atoms in total. The Labute approximate surface area is 85.1 Å². The lowest BCUT2D eigenvalue weighted by molar-refractivity contribution is -0.116. The number of nitrogens with two attached hydrogens (primary N) is 1. The molecule has 0 saturated heterocycles. The molecule has 14 heavy (non-hydrogen) atoms. The highest BCUT2D eigenvalue weighted by molar-refractivity contribution is 6.28. The van der Waals surface area contributed by atoms with E-state index in [1.165, 1.54) is 0 Å². The van der Waals surface area contributed by atoms with E-state index in [0.29, 0.717) is 5.95 Å². The molecule has 1 aromatic rings. The average Bonchev–Trinajstić information content (AvgIpc) is 2.14. The monoisotopic (exact) mass is 216 g/mol. The number of amides is 1. The molecule has 0 bridgehead atoms. The smallest absolute Gasteiger partial charge is 0.236 e. The number of primary amides is 1. The lowest BCUT2D eigenvalue weighted by atomic mass is 10.6. The number of aromatic nitrogens is 3. The van der Waals surface area contributed by atoms with Gasteiger partial charge in [0.1, 0.15) is 0 Å². The zero-order chi connectivity index (χ0) is 10.6. The SMILES string of the molecule is CNc1nc(Cl)nc(NCC(N)=O)n1. The Bertz CT molecular complexity index is 343. The molecule has 0 saturated carbocycles. The van der Waals surface area contributed by atoms with Crippen LogP contribution in [-0.4, -0.2) is 34.5 Å². The van der Waals surface area contributed by atoms with Crippen molar-refractivity contribution in [1.82, 2.24) is 15.0 Å². The van der Waals surface area contributed by atoms with Gasteiger partial charge in [-0.15, -0.1) is 0 Å². The molecule has 1 rings (SSSR count). The molecule has 0 radical (unpaired) electrons. The largest absolute Gasteiger partial charge is 0.368 e. The van der Waals surface area contributed by atoms with Gasteiger partial charge in [0.15, 0.2) is 0 Å². The molecule has 0 fully saturated rings. The first kappa shape index (κ1) is 10.5. The second kappa shape index (κ2) is 4.56. The van der Waals surface area contributed by atoms with Crippen LogP contribution in [0.5, 0.6) is 0 Å². The minimum atomic E-state index is -0.507. The highest BCUT2D eigenvalue weighted by Gasteiger charge is 2.03. The Balaban J connectivity index is 2.76. The topological polar surface area (TPSA) is 106 Å². The number of nitrogens with zero attached hydrogens (tertiary/aromatic N) is 3. The third-order valence-electron chi connectivity index (χ3n) is 1.25. The van der Waals surface area contributed by atoms with Crippen LogP contribution >= 0.6 is 11.6 Å². The summed E-state index contributed by atoms with van der Waals surface area (Å²) in [6.07, 6.45) is 0. The summed E-state index contributed by atoms with van der Waals surface area (Å²) >= 11 is 5.59. The molecular weight excluding hydrogens is 208 g/mol. The van der Waals surface area contributed by atoms with Gasteiger partial charge in [-0.05, 0) is 11.6 Å². The predicted molar refractivity (Wildman–Crippen MR) is 52.1 cm³/mol. The fourth-order valence-corrected chi connectivity index (χ4v) is 0.867. The van der Waals surface area contributed by atoms with Crippen LogP contribution in [0.15, 0.2) is 0 Å². The zero-order valence-corrected chi connectivity index (χ0v) is 8.17. The molecule has 0 aliphatic carbocycles. The van der Waals surface area contributed by atoms with E-state index in [1.807, 2.05) is 0 Å². The lowest BCUT2D eigenvalue weighted by Crippen LogP contribution is -2.23. The van der Waals surface area contributed by atoms with Gasteiger partial charge in [-0.25, -0.2) is 0 Å². The van der Waals surface area contributed by atoms with Gasteiger partial charge in [0.25, 0.3) is 0 Å². The first-order chi connectivity index (χ1) is 6.61.